The fourth-order valence-corrected chi connectivity index (χ4v) is 6.35. The van der Waals surface area contributed by atoms with Crippen LogP contribution in [0.25, 0.3) is 0 Å². The van der Waals surface area contributed by atoms with Crippen LogP contribution < -0.4 is 0 Å². The summed E-state index contributed by atoms with van der Waals surface area (Å²) in [6.07, 6.45) is 21.1. The van der Waals surface area contributed by atoms with E-state index in [2.05, 4.69) is 0 Å². The monoisotopic (exact) mass is 342 g/mol. The molecule has 0 saturated carbocycles. The molecule has 21 heavy (non-hydrogen) atoms. The largest absolute Gasteiger partial charge is 0.105 e. The zero-order chi connectivity index (χ0) is 14.8. The van der Waals surface area contributed by atoms with Crippen LogP contribution in [-0.4, -0.2) is 0 Å². The SMILES string of the molecule is S=c1ssc2c1CCCCCCCCCCCCCCC2. The summed E-state index contributed by atoms with van der Waals surface area (Å²) in [5.41, 5.74) is 1.55. The molecular formula is C18H30S3. The summed E-state index contributed by atoms with van der Waals surface area (Å²) in [7, 11) is 3.80. The van der Waals surface area contributed by atoms with E-state index in [4.69, 9.17) is 12.2 Å². The van der Waals surface area contributed by atoms with Gasteiger partial charge < -0.3 is 0 Å². The predicted molar refractivity (Wildman–Crippen MR) is 100 cm³/mol. The summed E-state index contributed by atoms with van der Waals surface area (Å²) in [6.45, 7) is 0. The summed E-state index contributed by atoms with van der Waals surface area (Å²) >= 11 is 5.55. The molecule has 0 radical (unpaired) electrons. The smallest absolute Gasteiger partial charge is 0.0834 e. The Bertz CT molecular complexity index is 430. The molecule has 1 aromatic rings. The van der Waals surface area contributed by atoms with E-state index in [-0.39, 0.29) is 0 Å². The quantitative estimate of drug-likeness (QED) is 0.343. The van der Waals surface area contributed by atoms with Crippen molar-refractivity contribution in [3.63, 3.8) is 0 Å². The lowest BCUT2D eigenvalue weighted by Gasteiger charge is -2.04. The van der Waals surface area contributed by atoms with E-state index in [9.17, 15) is 0 Å². The Hall–Kier alpha value is 0.270. The second-order valence-corrected chi connectivity index (χ2v) is 9.35. The van der Waals surface area contributed by atoms with Gasteiger partial charge in [-0.3, -0.25) is 0 Å². The van der Waals surface area contributed by atoms with E-state index in [1.807, 2.05) is 20.7 Å². The fourth-order valence-electron chi connectivity index (χ4n) is 3.27. The van der Waals surface area contributed by atoms with Gasteiger partial charge >= 0.3 is 0 Å². The maximum atomic E-state index is 5.55. The van der Waals surface area contributed by atoms with Crippen molar-refractivity contribution in [1.29, 1.82) is 0 Å². The molecule has 0 spiro atoms. The van der Waals surface area contributed by atoms with Gasteiger partial charge in [0.1, 0.15) is 3.82 Å². The molecule has 0 bridgehead atoms. The molecule has 0 aliphatic heterocycles. The van der Waals surface area contributed by atoms with Crippen molar-refractivity contribution in [2.45, 2.75) is 96.3 Å². The highest BCUT2D eigenvalue weighted by atomic mass is 32.9. The zero-order valence-corrected chi connectivity index (χ0v) is 15.8. The van der Waals surface area contributed by atoms with E-state index in [0.29, 0.717) is 0 Å². The van der Waals surface area contributed by atoms with Gasteiger partial charge in [-0.2, -0.15) is 0 Å². The Balaban J connectivity index is 1.84. The Morgan fingerprint density at radius 1 is 0.524 bits per heavy atom. The van der Waals surface area contributed by atoms with Gasteiger partial charge in [0.2, 0.25) is 0 Å². The van der Waals surface area contributed by atoms with Crippen LogP contribution in [0.2, 0.25) is 0 Å². The Morgan fingerprint density at radius 2 is 0.952 bits per heavy atom. The van der Waals surface area contributed by atoms with Gasteiger partial charge in [0.15, 0.2) is 0 Å². The lowest BCUT2D eigenvalue weighted by Crippen LogP contribution is -1.91. The number of hydrogen-bond donors (Lipinski definition) is 0. The summed E-state index contributed by atoms with van der Waals surface area (Å²) in [4.78, 5) is 1.62. The molecule has 3 heteroatoms. The van der Waals surface area contributed by atoms with Gasteiger partial charge in [-0.15, -0.1) is 0 Å². The van der Waals surface area contributed by atoms with E-state index in [1.165, 1.54) is 100 Å². The number of rotatable bonds is 0. The molecule has 120 valence electrons. The van der Waals surface area contributed by atoms with Crippen molar-refractivity contribution >= 4 is 32.9 Å². The van der Waals surface area contributed by atoms with Crippen LogP contribution in [0.3, 0.4) is 0 Å². The van der Waals surface area contributed by atoms with Gasteiger partial charge in [-0.05, 0) is 31.2 Å². The van der Waals surface area contributed by atoms with E-state index in [1.54, 1.807) is 10.4 Å². The fraction of sp³-hybridized carbons (Fsp3) is 0.833. The highest BCUT2D eigenvalue weighted by Gasteiger charge is 2.08. The lowest BCUT2D eigenvalue weighted by atomic mass is 10.0. The molecule has 0 nitrogen and oxygen atoms in total. The molecule has 2 rings (SSSR count). The molecule has 1 aliphatic rings. The van der Waals surface area contributed by atoms with Crippen LogP contribution in [0.15, 0.2) is 0 Å². The minimum Gasteiger partial charge on any atom is -0.0834 e. The van der Waals surface area contributed by atoms with Crippen LogP contribution in [0, 0.1) is 3.82 Å². The highest BCUT2D eigenvalue weighted by Crippen LogP contribution is 2.28. The van der Waals surface area contributed by atoms with Gasteiger partial charge in [0.05, 0.1) is 0 Å². The van der Waals surface area contributed by atoms with Gasteiger partial charge in [-0.25, -0.2) is 0 Å². The second kappa shape index (κ2) is 10.9. The minimum atomic E-state index is 1.19. The van der Waals surface area contributed by atoms with Gasteiger partial charge in [0.25, 0.3) is 0 Å². The van der Waals surface area contributed by atoms with Crippen LogP contribution in [-0.2, 0) is 12.8 Å². The lowest BCUT2D eigenvalue weighted by molar-refractivity contribution is 0.539. The van der Waals surface area contributed by atoms with Crippen molar-refractivity contribution in [1.82, 2.24) is 0 Å². The highest BCUT2D eigenvalue weighted by molar-refractivity contribution is 7.79. The number of aryl methyl sites for hydroxylation is 1. The van der Waals surface area contributed by atoms with E-state index < -0.39 is 0 Å². The molecule has 0 N–H and O–H groups in total. The standard InChI is InChI=1S/C18H30S3/c19-18-16-14-12-10-8-6-4-2-1-3-5-7-9-11-13-15-17(16)20-21-18/h1-15H2. The molecule has 1 heterocycles. The van der Waals surface area contributed by atoms with E-state index >= 15 is 0 Å². The van der Waals surface area contributed by atoms with Crippen molar-refractivity contribution in [3.05, 3.63) is 14.3 Å². The summed E-state index contributed by atoms with van der Waals surface area (Å²) in [6, 6.07) is 0. The Labute approximate surface area is 143 Å². The molecule has 0 unspecified atom stereocenters. The molecule has 0 saturated heterocycles. The zero-order valence-electron chi connectivity index (χ0n) is 13.3. The first kappa shape index (κ1) is 17.6. The van der Waals surface area contributed by atoms with Crippen molar-refractivity contribution in [2.24, 2.45) is 0 Å². The third-order valence-electron chi connectivity index (χ3n) is 4.63. The van der Waals surface area contributed by atoms with Crippen molar-refractivity contribution in [2.75, 3.05) is 0 Å². The molecule has 1 aliphatic carbocycles. The average Bonchev–Trinajstić information content (AvgIpc) is 2.83. The van der Waals surface area contributed by atoms with Crippen LogP contribution in [0.4, 0.5) is 0 Å². The van der Waals surface area contributed by atoms with Crippen molar-refractivity contribution < 1.29 is 0 Å². The molecule has 0 fully saturated rings. The molecular weight excluding hydrogens is 312 g/mol. The molecule has 0 aromatic carbocycles. The Kier molecular flexibility index (Phi) is 9.15. The first-order valence-electron chi connectivity index (χ1n) is 8.99. The maximum Gasteiger partial charge on any atom is 0.105 e. The normalized spacial score (nSPS) is 20.6. The molecule has 1 aromatic heterocycles. The number of fused-ring (bicyclic) bond motifs is 1. The maximum absolute atomic E-state index is 5.55. The number of hydrogen-bond acceptors (Lipinski definition) is 3. The summed E-state index contributed by atoms with van der Waals surface area (Å²) in [5.74, 6) is 0. The topological polar surface area (TPSA) is 0 Å². The van der Waals surface area contributed by atoms with Crippen LogP contribution in [0.1, 0.15) is 93.9 Å². The molecule has 0 atom stereocenters. The van der Waals surface area contributed by atoms with Crippen LogP contribution in [0.5, 0.6) is 0 Å². The Morgan fingerprint density at radius 3 is 1.48 bits per heavy atom. The third kappa shape index (κ3) is 6.92. The first-order valence-corrected chi connectivity index (χ1v) is 11.5. The van der Waals surface area contributed by atoms with Gasteiger partial charge in [0, 0.05) is 4.88 Å². The average molecular weight is 343 g/mol. The molecule has 0 amide bonds. The van der Waals surface area contributed by atoms with Gasteiger partial charge in [-0.1, -0.05) is 104 Å². The van der Waals surface area contributed by atoms with Crippen molar-refractivity contribution in [3.8, 4) is 0 Å². The minimum absolute atomic E-state index is 1.19. The second-order valence-electron chi connectivity index (χ2n) is 6.45. The summed E-state index contributed by atoms with van der Waals surface area (Å²) < 4.78 is 1.19. The first-order chi connectivity index (χ1) is 10.4. The van der Waals surface area contributed by atoms with E-state index in [0.717, 1.165) is 0 Å². The third-order valence-corrected chi connectivity index (χ3v) is 7.93. The van der Waals surface area contributed by atoms with Crippen LogP contribution >= 0.6 is 32.9 Å². The predicted octanol–water partition coefficient (Wildman–Crippen LogP) is 7.71. The summed E-state index contributed by atoms with van der Waals surface area (Å²) in [5, 5.41) is 0.